The first-order valence-corrected chi connectivity index (χ1v) is 8.21. The molecule has 0 aliphatic carbocycles. The molecule has 3 heterocycles. The second-order valence-corrected chi connectivity index (χ2v) is 5.98. The fraction of sp³-hybridized carbons (Fsp3) is 0.222. The quantitative estimate of drug-likeness (QED) is 0.757. The summed E-state index contributed by atoms with van der Waals surface area (Å²) in [6.45, 7) is 2.26. The lowest BCUT2D eigenvalue weighted by atomic mass is 10.0. The molecule has 1 aliphatic rings. The Morgan fingerprint density at radius 2 is 2.16 bits per heavy atom. The second kappa shape index (κ2) is 6.82. The van der Waals surface area contributed by atoms with Crippen molar-refractivity contribution >= 4 is 11.9 Å². The number of rotatable bonds is 4. The SMILES string of the molecule is O=C(Nc1nncn1Cc1ccccc1)c1cnc2c(c1)CCNC2. The van der Waals surface area contributed by atoms with Crippen LogP contribution in [-0.4, -0.2) is 32.2 Å². The molecule has 0 saturated carbocycles. The van der Waals surface area contributed by atoms with Gasteiger partial charge in [0.25, 0.3) is 5.91 Å². The van der Waals surface area contributed by atoms with Crippen molar-refractivity contribution < 1.29 is 4.79 Å². The lowest BCUT2D eigenvalue weighted by molar-refractivity contribution is 0.102. The molecule has 1 aliphatic heterocycles. The van der Waals surface area contributed by atoms with Gasteiger partial charge in [-0.05, 0) is 30.2 Å². The normalized spacial score (nSPS) is 13.3. The van der Waals surface area contributed by atoms with Crippen LogP contribution < -0.4 is 10.6 Å². The highest BCUT2D eigenvalue weighted by atomic mass is 16.1. The van der Waals surface area contributed by atoms with Gasteiger partial charge in [0.1, 0.15) is 6.33 Å². The molecule has 1 amide bonds. The molecule has 2 N–H and O–H groups in total. The minimum atomic E-state index is -0.226. The summed E-state index contributed by atoms with van der Waals surface area (Å²) >= 11 is 0. The molecule has 25 heavy (non-hydrogen) atoms. The number of amides is 1. The Balaban J connectivity index is 1.51. The average Bonchev–Trinajstić information content (AvgIpc) is 3.08. The van der Waals surface area contributed by atoms with E-state index >= 15 is 0 Å². The Hall–Kier alpha value is -3.06. The van der Waals surface area contributed by atoms with Gasteiger partial charge in [0.05, 0.1) is 17.8 Å². The molecule has 0 unspecified atom stereocenters. The molecule has 4 rings (SSSR count). The van der Waals surface area contributed by atoms with Crippen LogP contribution in [0.3, 0.4) is 0 Å². The maximum atomic E-state index is 12.6. The number of hydrogen-bond donors (Lipinski definition) is 2. The third kappa shape index (κ3) is 3.41. The molecule has 0 atom stereocenters. The number of hydrogen-bond acceptors (Lipinski definition) is 5. The first kappa shape index (κ1) is 15.5. The number of pyridine rings is 1. The third-order valence-corrected chi connectivity index (χ3v) is 4.22. The summed E-state index contributed by atoms with van der Waals surface area (Å²) in [7, 11) is 0. The number of fused-ring (bicyclic) bond motifs is 1. The van der Waals surface area contributed by atoms with Crippen LogP contribution in [0.25, 0.3) is 0 Å². The summed E-state index contributed by atoms with van der Waals surface area (Å²) in [5.41, 5.74) is 3.78. The lowest BCUT2D eigenvalue weighted by Gasteiger charge is -2.16. The van der Waals surface area contributed by atoms with Crippen molar-refractivity contribution in [3.63, 3.8) is 0 Å². The number of aromatic nitrogens is 4. The van der Waals surface area contributed by atoms with E-state index in [-0.39, 0.29) is 5.91 Å². The fourth-order valence-corrected chi connectivity index (χ4v) is 2.89. The highest BCUT2D eigenvalue weighted by molar-refractivity contribution is 6.03. The van der Waals surface area contributed by atoms with Crippen LogP contribution in [0.4, 0.5) is 5.95 Å². The summed E-state index contributed by atoms with van der Waals surface area (Å²) in [5.74, 6) is 0.199. The van der Waals surface area contributed by atoms with Gasteiger partial charge in [0, 0.05) is 12.7 Å². The Labute approximate surface area is 145 Å². The van der Waals surface area contributed by atoms with Crippen LogP contribution in [0.1, 0.15) is 27.2 Å². The minimum Gasteiger partial charge on any atom is -0.311 e. The molecule has 7 heteroatoms. The van der Waals surface area contributed by atoms with Crippen molar-refractivity contribution in [3.8, 4) is 0 Å². The van der Waals surface area contributed by atoms with E-state index in [2.05, 4.69) is 25.8 Å². The molecule has 0 saturated heterocycles. The van der Waals surface area contributed by atoms with Gasteiger partial charge in [0.2, 0.25) is 5.95 Å². The molecule has 0 spiro atoms. The van der Waals surface area contributed by atoms with Crippen molar-refractivity contribution in [2.24, 2.45) is 0 Å². The topological polar surface area (TPSA) is 84.7 Å². The van der Waals surface area contributed by atoms with E-state index in [4.69, 9.17) is 0 Å². The molecule has 2 aromatic heterocycles. The van der Waals surface area contributed by atoms with E-state index in [1.807, 2.05) is 41.0 Å². The van der Waals surface area contributed by atoms with Crippen molar-refractivity contribution in [1.82, 2.24) is 25.1 Å². The molecule has 126 valence electrons. The average molecular weight is 334 g/mol. The number of carbonyl (C=O) groups excluding carboxylic acids is 1. The zero-order chi connectivity index (χ0) is 17.1. The number of carbonyl (C=O) groups is 1. The van der Waals surface area contributed by atoms with Crippen LogP contribution in [0.5, 0.6) is 0 Å². The standard InChI is InChI=1S/C18H18N6O/c25-17(15-8-14-6-7-19-10-16(14)20-9-15)22-18-23-21-12-24(18)11-13-4-2-1-3-5-13/h1-5,8-9,12,19H,6-7,10-11H2,(H,22,23,25). The summed E-state index contributed by atoms with van der Waals surface area (Å²) in [4.78, 5) is 16.9. The first-order chi connectivity index (χ1) is 12.3. The predicted molar refractivity (Wildman–Crippen MR) is 93.2 cm³/mol. The molecule has 7 nitrogen and oxygen atoms in total. The van der Waals surface area contributed by atoms with E-state index in [1.54, 1.807) is 12.5 Å². The molecule has 1 aromatic carbocycles. The van der Waals surface area contributed by atoms with Gasteiger partial charge in [0.15, 0.2) is 0 Å². The molecular formula is C18H18N6O. The largest absolute Gasteiger partial charge is 0.311 e. The van der Waals surface area contributed by atoms with E-state index in [9.17, 15) is 4.79 Å². The first-order valence-electron chi connectivity index (χ1n) is 8.21. The van der Waals surface area contributed by atoms with E-state index in [0.717, 1.165) is 36.3 Å². The lowest BCUT2D eigenvalue weighted by Crippen LogP contribution is -2.25. The van der Waals surface area contributed by atoms with Gasteiger partial charge >= 0.3 is 0 Å². The van der Waals surface area contributed by atoms with Gasteiger partial charge in [-0.1, -0.05) is 30.3 Å². The predicted octanol–water partition coefficient (Wildman–Crippen LogP) is 1.62. The Kier molecular flexibility index (Phi) is 4.22. The van der Waals surface area contributed by atoms with Gasteiger partial charge in [-0.2, -0.15) is 0 Å². The van der Waals surface area contributed by atoms with Crippen LogP contribution >= 0.6 is 0 Å². The van der Waals surface area contributed by atoms with Crippen LogP contribution in [-0.2, 0) is 19.5 Å². The van der Waals surface area contributed by atoms with Crippen molar-refractivity contribution in [1.29, 1.82) is 0 Å². The molecule has 3 aromatic rings. The Bertz CT molecular complexity index is 890. The van der Waals surface area contributed by atoms with Crippen LogP contribution in [0.15, 0.2) is 48.9 Å². The van der Waals surface area contributed by atoms with Gasteiger partial charge < -0.3 is 5.32 Å². The van der Waals surface area contributed by atoms with Gasteiger partial charge in [-0.3, -0.25) is 19.7 Å². The van der Waals surface area contributed by atoms with Crippen molar-refractivity contribution in [2.45, 2.75) is 19.5 Å². The minimum absolute atomic E-state index is 0.226. The number of benzene rings is 1. The molecule has 0 fully saturated rings. The summed E-state index contributed by atoms with van der Waals surface area (Å²) < 4.78 is 1.81. The summed E-state index contributed by atoms with van der Waals surface area (Å²) in [6.07, 6.45) is 4.10. The van der Waals surface area contributed by atoms with Crippen molar-refractivity contribution in [2.75, 3.05) is 11.9 Å². The van der Waals surface area contributed by atoms with Crippen molar-refractivity contribution in [3.05, 3.63) is 71.3 Å². The summed E-state index contributed by atoms with van der Waals surface area (Å²) in [6, 6.07) is 11.9. The Morgan fingerprint density at radius 1 is 1.28 bits per heavy atom. The zero-order valence-electron chi connectivity index (χ0n) is 13.6. The highest BCUT2D eigenvalue weighted by Crippen LogP contribution is 2.15. The number of anilines is 1. The monoisotopic (exact) mass is 334 g/mol. The number of nitrogens with zero attached hydrogens (tertiary/aromatic N) is 4. The smallest absolute Gasteiger partial charge is 0.259 e. The van der Waals surface area contributed by atoms with E-state index in [1.165, 1.54) is 0 Å². The second-order valence-electron chi connectivity index (χ2n) is 5.98. The van der Waals surface area contributed by atoms with E-state index in [0.29, 0.717) is 18.1 Å². The number of nitrogens with one attached hydrogen (secondary N) is 2. The Morgan fingerprint density at radius 3 is 3.04 bits per heavy atom. The van der Waals surface area contributed by atoms with E-state index < -0.39 is 0 Å². The van der Waals surface area contributed by atoms with Crippen LogP contribution in [0, 0.1) is 0 Å². The third-order valence-electron chi connectivity index (χ3n) is 4.22. The maximum Gasteiger partial charge on any atom is 0.259 e. The van der Waals surface area contributed by atoms with Gasteiger partial charge in [-0.15, -0.1) is 10.2 Å². The fourth-order valence-electron chi connectivity index (χ4n) is 2.89. The van der Waals surface area contributed by atoms with Gasteiger partial charge in [-0.25, -0.2) is 0 Å². The maximum absolute atomic E-state index is 12.6. The molecular weight excluding hydrogens is 316 g/mol. The van der Waals surface area contributed by atoms with Crippen LogP contribution in [0.2, 0.25) is 0 Å². The zero-order valence-corrected chi connectivity index (χ0v) is 13.6. The molecule has 0 bridgehead atoms. The summed E-state index contributed by atoms with van der Waals surface area (Å²) in [5, 5.41) is 14.0. The molecule has 0 radical (unpaired) electrons. The highest BCUT2D eigenvalue weighted by Gasteiger charge is 2.15.